The zero-order chi connectivity index (χ0) is 26.3. The van der Waals surface area contributed by atoms with Crippen molar-refractivity contribution in [2.75, 3.05) is 6.61 Å². The van der Waals surface area contributed by atoms with Crippen LogP contribution in [0.5, 0.6) is 0 Å². The lowest BCUT2D eigenvalue weighted by Crippen LogP contribution is -2.48. The number of halogens is 2. The van der Waals surface area contributed by atoms with Crippen LogP contribution >= 0.6 is 23.2 Å². The molecule has 3 amide bonds. The Kier molecular flexibility index (Phi) is 9.72. The number of nitrogens with one attached hydrogen (secondary N) is 3. The molecule has 12 heteroatoms. The van der Waals surface area contributed by atoms with Crippen LogP contribution in [-0.4, -0.2) is 39.0 Å². The van der Waals surface area contributed by atoms with Crippen LogP contribution in [0.25, 0.3) is 0 Å². The summed E-state index contributed by atoms with van der Waals surface area (Å²) in [7, 11) is -3.83. The maximum Gasteiger partial charge on any atom is 0.338 e. The number of hydrogen-bond acceptors (Lipinski definition) is 6. The molecule has 9 nitrogen and oxygen atoms in total. The highest BCUT2D eigenvalue weighted by Gasteiger charge is 2.23. The van der Waals surface area contributed by atoms with Gasteiger partial charge in [-0.25, -0.2) is 22.7 Å². The second-order valence-corrected chi connectivity index (χ2v) is 11.1. The van der Waals surface area contributed by atoms with E-state index in [1.165, 1.54) is 30.3 Å². The Bertz CT molecular complexity index is 1220. The number of urea groups is 1. The number of rotatable bonds is 8. The molecule has 1 saturated carbocycles. The number of carbonyl (C=O) groups is 3. The van der Waals surface area contributed by atoms with E-state index < -0.39 is 34.5 Å². The van der Waals surface area contributed by atoms with E-state index >= 15 is 0 Å². The Morgan fingerprint density at radius 2 is 1.69 bits per heavy atom. The number of esters is 1. The summed E-state index contributed by atoms with van der Waals surface area (Å²) in [5, 5.41) is 5.32. The molecule has 0 heterocycles. The second-order valence-electron chi connectivity index (χ2n) is 8.56. The Balaban J connectivity index is 1.45. The van der Waals surface area contributed by atoms with Gasteiger partial charge in [-0.1, -0.05) is 55.1 Å². The van der Waals surface area contributed by atoms with Crippen LogP contribution in [0.1, 0.15) is 48.5 Å². The van der Waals surface area contributed by atoms with Gasteiger partial charge in [0.15, 0.2) is 6.61 Å². The summed E-state index contributed by atoms with van der Waals surface area (Å²) >= 11 is 11.7. The molecule has 2 aromatic rings. The summed E-state index contributed by atoms with van der Waals surface area (Å²) in [6, 6.07) is 9.37. The van der Waals surface area contributed by atoms with Crippen LogP contribution in [0.3, 0.4) is 0 Å². The monoisotopic (exact) mass is 555 g/mol. The maximum atomic E-state index is 12.4. The second kappa shape index (κ2) is 12.5. The van der Waals surface area contributed by atoms with Gasteiger partial charge in [0.05, 0.1) is 20.5 Å². The fourth-order valence-corrected chi connectivity index (χ4v) is 5.18. The minimum atomic E-state index is -3.83. The minimum Gasteiger partial charge on any atom is -0.452 e. The van der Waals surface area contributed by atoms with Crippen LogP contribution in [0.2, 0.25) is 10.0 Å². The van der Waals surface area contributed by atoms with E-state index in [0.717, 1.165) is 25.7 Å². The van der Waals surface area contributed by atoms with Gasteiger partial charge in [0.2, 0.25) is 10.0 Å². The Labute approximate surface area is 219 Å². The van der Waals surface area contributed by atoms with E-state index in [2.05, 4.69) is 22.3 Å². The van der Waals surface area contributed by atoms with Crippen LogP contribution in [0, 0.1) is 5.92 Å². The average molecular weight is 556 g/mol. The molecular weight excluding hydrogens is 529 g/mol. The maximum absolute atomic E-state index is 12.4. The first kappa shape index (κ1) is 27.9. The van der Waals surface area contributed by atoms with Crippen molar-refractivity contribution >= 4 is 51.1 Å². The van der Waals surface area contributed by atoms with Crippen molar-refractivity contribution in [3.05, 3.63) is 63.6 Å². The topological polar surface area (TPSA) is 131 Å². The molecule has 2 aromatic carbocycles. The number of amides is 3. The Morgan fingerprint density at radius 1 is 1.00 bits per heavy atom. The van der Waals surface area contributed by atoms with Crippen LogP contribution < -0.4 is 15.4 Å². The van der Waals surface area contributed by atoms with Gasteiger partial charge in [-0.3, -0.25) is 10.1 Å². The van der Waals surface area contributed by atoms with Gasteiger partial charge in [-0.05, 0) is 54.7 Å². The highest BCUT2D eigenvalue weighted by atomic mass is 35.5. The smallest absolute Gasteiger partial charge is 0.338 e. The molecular formula is C24H27Cl2N3O6S. The highest BCUT2D eigenvalue weighted by Crippen LogP contribution is 2.25. The first-order valence-corrected chi connectivity index (χ1v) is 13.6. The lowest BCUT2D eigenvalue weighted by molar-refractivity contribution is -0.123. The number of imide groups is 1. The van der Waals surface area contributed by atoms with Crippen molar-refractivity contribution in [2.24, 2.45) is 5.92 Å². The van der Waals surface area contributed by atoms with Gasteiger partial charge in [0.25, 0.3) is 5.91 Å². The Morgan fingerprint density at radius 3 is 2.36 bits per heavy atom. The normalized spacial score (nSPS) is 17.8. The number of sulfonamides is 1. The molecule has 0 aromatic heterocycles. The summed E-state index contributed by atoms with van der Waals surface area (Å²) in [5.41, 5.74) is 0.751. The average Bonchev–Trinajstić information content (AvgIpc) is 2.84. The van der Waals surface area contributed by atoms with E-state index in [1.54, 1.807) is 12.1 Å². The van der Waals surface area contributed by atoms with Gasteiger partial charge < -0.3 is 10.1 Å². The summed E-state index contributed by atoms with van der Waals surface area (Å²) in [5.74, 6) is -1.15. The summed E-state index contributed by atoms with van der Waals surface area (Å²) < 4.78 is 32.3. The van der Waals surface area contributed by atoms with E-state index in [1.807, 2.05) is 0 Å². The highest BCUT2D eigenvalue weighted by molar-refractivity contribution is 7.89. The molecule has 2 atom stereocenters. The Hall–Kier alpha value is -2.66. The van der Waals surface area contributed by atoms with Crippen molar-refractivity contribution < 1.29 is 27.5 Å². The molecule has 194 valence electrons. The lowest BCUT2D eigenvalue weighted by Gasteiger charge is -2.29. The molecule has 1 aliphatic carbocycles. The van der Waals surface area contributed by atoms with Gasteiger partial charge >= 0.3 is 12.0 Å². The third-order valence-corrected chi connectivity index (χ3v) is 8.01. The number of hydrogen-bond donors (Lipinski definition) is 3. The summed E-state index contributed by atoms with van der Waals surface area (Å²) in [6.45, 7) is 1.41. The van der Waals surface area contributed by atoms with Crippen LogP contribution in [-0.2, 0) is 26.1 Å². The molecule has 2 unspecified atom stereocenters. The molecule has 0 aliphatic heterocycles. The number of carbonyl (C=O) groups excluding carboxylic acids is 3. The largest absolute Gasteiger partial charge is 0.452 e. The minimum absolute atomic E-state index is 0.0149. The molecule has 36 heavy (non-hydrogen) atoms. The quantitative estimate of drug-likeness (QED) is 0.421. The number of ether oxygens (including phenoxy) is 1. The lowest BCUT2D eigenvalue weighted by atomic mass is 9.86. The van der Waals surface area contributed by atoms with E-state index in [4.69, 9.17) is 27.9 Å². The summed E-state index contributed by atoms with van der Waals surface area (Å²) in [4.78, 5) is 36.2. The molecule has 0 saturated heterocycles. The molecule has 3 N–H and O–H groups in total. The van der Waals surface area contributed by atoms with Crippen molar-refractivity contribution in [1.29, 1.82) is 0 Å². The zero-order valence-corrected chi connectivity index (χ0v) is 21.9. The molecule has 3 rings (SSSR count). The van der Waals surface area contributed by atoms with E-state index in [0.29, 0.717) is 11.5 Å². The third-order valence-electron chi connectivity index (χ3n) is 5.87. The van der Waals surface area contributed by atoms with Crippen molar-refractivity contribution in [1.82, 2.24) is 15.4 Å². The first-order valence-electron chi connectivity index (χ1n) is 11.4. The fourth-order valence-electron chi connectivity index (χ4n) is 3.78. The van der Waals surface area contributed by atoms with E-state index in [9.17, 15) is 22.8 Å². The zero-order valence-electron chi connectivity index (χ0n) is 19.6. The number of benzene rings is 2. The predicted octanol–water partition coefficient (Wildman–Crippen LogP) is 4.03. The van der Waals surface area contributed by atoms with Crippen molar-refractivity contribution in [3.63, 3.8) is 0 Å². The van der Waals surface area contributed by atoms with Crippen LogP contribution in [0.15, 0.2) is 47.4 Å². The van der Waals surface area contributed by atoms with E-state index in [-0.39, 0.29) is 33.1 Å². The standard InChI is InChI=1S/C24H27Cl2N3O6S/c1-15-4-2-3-5-21(15)28-24(32)29-22(30)14-35-23(31)17-8-6-16(7-9-17)13-27-36(33,34)18-10-11-19(25)20(26)12-18/h6-12,15,21,27H,2-5,13-14H2,1H3,(H2,28,29,30,32). The third kappa shape index (κ3) is 7.92. The van der Waals surface area contributed by atoms with Gasteiger partial charge in [0, 0.05) is 12.6 Å². The van der Waals surface area contributed by atoms with Crippen LogP contribution in [0.4, 0.5) is 4.79 Å². The molecule has 1 aliphatic rings. The predicted molar refractivity (Wildman–Crippen MR) is 135 cm³/mol. The van der Waals surface area contributed by atoms with Crippen molar-refractivity contribution in [2.45, 2.75) is 50.1 Å². The van der Waals surface area contributed by atoms with Gasteiger partial charge in [-0.15, -0.1) is 0 Å². The van der Waals surface area contributed by atoms with Gasteiger partial charge in [-0.2, -0.15) is 0 Å². The molecule has 1 fully saturated rings. The first-order chi connectivity index (χ1) is 17.0. The molecule has 0 bridgehead atoms. The molecule has 0 radical (unpaired) electrons. The molecule has 0 spiro atoms. The SMILES string of the molecule is CC1CCCCC1NC(=O)NC(=O)COC(=O)c1ccc(CNS(=O)(=O)c2ccc(Cl)c(Cl)c2)cc1. The summed E-state index contributed by atoms with van der Waals surface area (Å²) in [6.07, 6.45) is 4.05. The van der Waals surface area contributed by atoms with Gasteiger partial charge in [0.1, 0.15) is 0 Å². The van der Waals surface area contributed by atoms with Crippen molar-refractivity contribution in [3.8, 4) is 0 Å². The fraction of sp³-hybridized carbons (Fsp3) is 0.375.